The van der Waals surface area contributed by atoms with Crippen LogP contribution in [0.4, 0.5) is 5.69 Å². The van der Waals surface area contributed by atoms with Crippen molar-refractivity contribution in [1.82, 2.24) is 4.90 Å². The number of thioether (sulfide) groups is 1. The van der Waals surface area contributed by atoms with Gasteiger partial charge in [-0.1, -0.05) is 34.8 Å². The van der Waals surface area contributed by atoms with Gasteiger partial charge in [0.15, 0.2) is 0 Å². The largest absolute Gasteiger partial charge is 0.341 e. The average Bonchev–Trinajstić information content (AvgIpc) is 2.77. The first-order valence-electron chi connectivity index (χ1n) is 10.3. The smallest absolute Gasteiger partial charge is 0.264 e. The Morgan fingerprint density at radius 1 is 1.06 bits per heavy atom. The molecule has 0 aliphatic carbocycles. The summed E-state index contributed by atoms with van der Waals surface area (Å²) >= 11 is 20.4. The molecule has 10 heteroatoms. The molecule has 32 heavy (non-hydrogen) atoms. The topological polar surface area (TPSA) is 57.7 Å². The summed E-state index contributed by atoms with van der Waals surface area (Å²) in [6, 6.07) is 10.3. The number of anilines is 1. The lowest BCUT2D eigenvalue weighted by Crippen LogP contribution is -2.40. The predicted molar refractivity (Wildman–Crippen MR) is 135 cm³/mol. The number of hydrogen-bond acceptors (Lipinski definition) is 4. The molecule has 0 N–H and O–H groups in total. The number of carbonyl (C=O) groups is 1. The highest BCUT2D eigenvalue weighted by atomic mass is 35.5. The summed E-state index contributed by atoms with van der Waals surface area (Å²) in [4.78, 5) is 14.5. The monoisotopic (exact) mass is 534 g/mol. The summed E-state index contributed by atoms with van der Waals surface area (Å²) in [5.74, 6) is 2.04. The Labute approximate surface area is 209 Å². The van der Waals surface area contributed by atoms with Crippen LogP contribution < -0.4 is 4.31 Å². The van der Waals surface area contributed by atoms with Crippen molar-refractivity contribution in [3.8, 4) is 0 Å². The Balaban J connectivity index is 1.82. The van der Waals surface area contributed by atoms with Gasteiger partial charge >= 0.3 is 0 Å². The van der Waals surface area contributed by atoms with Gasteiger partial charge in [0.2, 0.25) is 5.91 Å². The Morgan fingerprint density at radius 2 is 1.69 bits per heavy atom. The number of sulfonamides is 1. The van der Waals surface area contributed by atoms with Crippen molar-refractivity contribution in [2.75, 3.05) is 28.9 Å². The van der Waals surface area contributed by atoms with Gasteiger partial charge in [-0.05, 0) is 62.2 Å². The summed E-state index contributed by atoms with van der Waals surface area (Å²) in [5.41, 5.74) is 0.306. The molecule has 5 nitrogen and oxygen atoms in total. The van der Waals surface area contributed by atoms with Crippen molar-refractivity contribution in [3.63, 3.8) is 0 Å². The lowest BCUT2D eigenvalue weighted by Gasteiger charge is -2.32. The minimum absolute atomic E-state index is 0.103. The fourth-order valence-corrected chi connectivity index (χ4v) is 6.77. The van der Waals surface area contributed by atoms with E-state index in [-0.39, 0.29) is 15.8 Å². The molecule has 1 atom stereocenters. The van der Waals surface area contributed by atoms with Crippen LogP contribution in [0.15, 0.2) is 47.4 Å². The van der Waals surface area contributed by atoms with Gasteiger partial charge in [-0.3, -0.25) is 9.10 Å². The number of nitrogens with zero attached hydrogens (tertiary/aromatic N) is 2. The molecule has 0 bridgehead atoms. The van der Waals surface area contributed by atoms with Gasteiger partial charge < -0.3 is 4.90 Å². The number of rotatable bonds is 8. The molecule has 0 unspecified atom stereocenters. The Morgan fingerprint density at radius 3 is 2.34 bits per heavy atom. The van der Waals surface area contributed by atoms with Crippen molar-refractivity contribution in [1.29, 1.82) is 0 Å². The zero-order chi connectivity index (χ0) is 23.3. The Kier molecular flexibility index (Phi) is 9.04. The van der Waals surface area contributed by atoms with Crippen LogP contribution in [-0.2, 0) is 14.8 Å². The molecule has 1 saturated heterocycles. The molecule has 0 spiro atoms. The van der Waals surface area contributed by atoms with E-state index in [1.54, 1.807) is 18.2 Å². The molecule has 1 amide bonds. The SMILES string of the molecule is C[C@H](CCCC(=O)N1CCSCC1)N(c1cc(Cl)ccc1Cl)S(=O)(=O)c1ccc(Cl)cc1. The average molecular weight is 536 g/mol. The van der Waals surface area contributed by atoms with E-state index >= 15 is 0 Å². The van der Waals surface area contributed by atoms with Crippen molar-refractivity contribution in [3.05, 3.63) is 57.5 Å². The fraction of sp³-hybridized carbons (Fsp3) is 0.409. The van der Waals surface area contributed by atoms with Gasteiger partial charge in [0.25, 0.3) is 10.0 Å². The van der Waals surface area contributed by atoms with E-state index in [0.717, 1.165) is 24.6 Å². The molecule has 1 aliphatic heterocycles. The van der Waals surface area contributed by atoms with Crippen LogP contribution in [0.3, 0.4) is 0 Å². The second-order valence-corrected chi connectivity index (χ2v) is 11.9. The molecule has 2 aromatic rings. The summed E-state index contributed by atoms with van der Waals surface area (Å²) in [6.07, 6.45) is 1.44. The maximum atomic E-state index is 13.6. The van der Waals surface area contributed by atoms with E-state index in [2.05, 4.69) is 0 Å². The van der Waals surface area contributed by atoms with Crippen LogP contribution in [0.2, 0.25) is 15.1 Å². The van der Waals surface area contributed by atoms with E-state index in [1.165, 1.54) is 28.6 Å². The van der Waals surface area contributed by atoms with E-state index in [9.17, 15) is 13.2 Å². The highest BCUT2D eigenvalue weighted by molar-refractivity contribution is 7.99. The number of carbonyl (C=O) groups excluding carboxylic acids is 1. The van der Waals surface area contributed by atoms with Gasteiger partial charge in [-0.15, -0.1) is 0 Å². The summed E-state index contributed by atoms with van der Waals surface area (Å²) < 4.78 is 28.5. The van der Waals surface area contributed by atoms with Crippen molar-refractivity contribution in [2.45, 2.75) is 37.1 Å². The molecule has 2 aromatic carbocycles. The first-order chi connectivity index (χ1) is 15.2. The Bertz CT molecular complexity index is 1040. The molecule has 0 radical (unpaired) electrons. The van der Waals surface area contributed by atoms with Gasteiger partial charge in [0, 0.05) is 47.1 Å². The first-order valence-corrected chi connectivity index (χ1v) is 14.0. The van der Waals surface area contributed by atoms with E-state index < -0.39 is 16.1 Å². The van der Waals surface area contributed by atoms with Crippen molar-refractivity contribution < 1.29 is 13.2 Å². The van der Waals surface area contributed by atoms with E-state index in [0.29, 0.717) is 35.0 Å². The molecule has 0 saturated carbocycles. The van der Waals surface area contributed by atoms with Crippen molar-refractivity contribution in [2.24, 2.45) is 0 Å². The third-order valence-electron chi connectivity index (χ3n) is 5.29. The number of benzene rings is 2. The van der Waals surface area contributed by atoms with Crippen LogP contribution in [-0.4, -0.2) is 49.9 Å². The molecule has 1 aliphatic rings. The highest BCUT2D eigenvalue weighted by Gasteiger charge is 2.31. The normalized spacial score (nSPS) is 15.4. The molecule has 3 rings (SSSR count). The third-order valence-corrected chi connectivity index (χ3v) is 8.98. The maximum absolute atomic E-state index is 13.6. The second kappa shape index (κ2) is 11.3. The van der Waals surface area contributed by atoms with Crippen LogP contribution in [0, 0.1) is 0 Å². The third kappa shape index (κ3) is 6.26. The minimum Gasteiger partial charge on any atom is -0.341 e. The van der Waals surface area contributed by atoms with Gasteiger partial charge in [-0.2, -0.15) is 11.8 Å². The summed E-state index contributed by atoms with van der Waals surface area (Å²) in [7, 11) is -3.95. The highest BCUT2D eigenvalue weighted by Crippen LogP contribution is 2.35. The summed E-state index contributed by atoms with van der Waals surface area (Å²) in [6.45, 7) is 3.36. The molecule has 0 aromatic heterocycles. The first kappa shape index (κ1) is 25.5. The second-order valence-electron chi connectivity index (χ2n) is 7.58. The lowest BCUT2D eigenvalue weighted by atomic mass is 10.1. The minimum atomic E-state index is -3.95. The van der Waals surface area contributed by atoms with Crippen LogP contribution >= 0.6 is 46.6 Å². The summed E-state index contributed by atoms with van der Waals surface area (Å²) in [5, 5.41) is 1.10. The Hall–Kier alpha value is -1.12. The molecule has 174 valence electrons. The van der Waals surface area contributed by atoms with Gasteiger partial charge in [0.1, 0.15) is 0 Å². The van der Waals surface area contributed by atoms with Crippen LogP contribution in [0.5, 0.6) is 0 Å². The quantitative estimate of drug-likeness (QED) is 0.417. The van der Waals surface area contributed by atoms with E-state index in [1.807, 2.05) is 23.6 Å². The van der Waals surface area contributed by atoms with Gasteiger partial charge in [-0.25, -0.2) is 8.42 Å². The number of hydrogen-bond donors (Lipinski definition) is 0. The maximum Gasteiger partial charge on any atom is 0.264 e. The molecular formula is C22H25Cl3N2O3S2. The van der Waals surface area contributed by atoms with Crippen LogP contribution in [0.25, 0.3) is 0 Å². The number of halogens is 3. The number of amides is 1. The molecule has 1 heterocycles. The van der Waals surface area contributed by atoms with Crippen molar-refractivity contribution >= 4 is 68.2 Å². The fourth-order valence-electron chi connectivity index (χ4n) is 3.62. The van der Waals surface area contributed by atoms with Crippen LogP contribution in [0.1, 0.15) is 26.2 Å². The standard InChI is InChI=1S/C22H25Cl3N2O3S2/c1-16(3-2-4-22(28)26-11-13-31-14-12-26)27(21-15-18(24)7-10-20(21)25)32(29,30)19-8-5-17(23)6-9-19/h5-10,15-16H,2-4,11-14H2,1H3/t16-/m1/s1. The van der Waals surface area contributed by atoms with E-state index in [4.69, 9.17) is 34.8 Å². The van der Waals surface area contributed by atoms with Gasteiger partial charge in [0.05, 0.1) is 15.6 Å². The molecule has 1 fully saturated rings. The predicted octanol–water partition coefficient (Wildman–Crippen LogP) is 5.98. The zero-order valence-corrected chi connectivity index (χ0v) is 21.5. The molecular weight excluding hydrogens is 511 g/mol. The lowest BCUT2D eigenvalue weighted by molar-refractivity contribution is -0.130. The zero-order valence-electron chi connectivity index (χ0n) is 17.6.